The van der Waals surface area contributed by atoms with Gasteiger partial charge in [-0.1, -0.05) is 12.1 Å². The standard InChI is InChI=1S/C23H26F3N3O3/c1-32-18-8-6-17(7-9-18)22(31)29(20-5-3-2-4-19(20)23(24,25)26)15-21(30)28-14-16-10-12-27-13-11-16/h2-9,16,27H,10-15H2,1H3,(H,28,30). The van der Waals surface area contributed by atoms with Crippen molar-refractivity contribution < 1.29 is 27.5 Å². The molecule has 1 heterocycles. The molecule has 172 valence electrons. The van der Waals surface area contributed by atoms with E-state index in [1.165, 1.54) is 49.6 Å². The lowest BCUT2D eigenvalue weighted by atomic mass is 9.98. The zero-order chi connectivity index (χ0) is 23.1. The molecule has 1 aliphatic rings. The largest absolute Gasteiger partial charge is 0.497 e. The number of alkyl halides is 3. The Hall–Kier alpha value is -3.07. The molecule has 0 radical (unpaired) electrons. The van der Waals surface area contributed by atoms with Gasteiger partial charge in [0.1, 0.15) is 12.3 Å². The highest BCUT2D eigenvalue weighted by atomic mass is 19.4. The maximum atomic E-state index is 13.6. The molecule has 1 fully saturated rings. The first-order valence-corrected chi connectivity index (χ1v) is 10.4. The van der Waals surface area contributed by atoms with Crippen molar-refractivity contribution in [1.29, 1.82) is 0 Å². The van der Waals surface area contributed by atoms with E-state index in [-0.39, 0.29) is 11.3 Å². The second-order valence-corrected chi connectivity index (χ2v) is 7.63. The van der Waals surface area contributed by atoms with Gasteiger partial charge in [0.05, 0.1) is 18.4 Å². The van der Waals surface area contributed by atoms with E-state index in [2.05, 4.69) is 10.6 Å². The highest BCUT2D eigenvalue weighted by Crippen LogP contribution is 2.37. The number of methoxy groups -OCH3 is 1. The lowest BCUT2D eigenvalue weighted by Gasteiger charge is -2.27. The monoisotopic (exact) mass is 449 g/mol. The Labute approximate surface area is 184 Å². The van der Waals surface area contributed by atoms with Crippen molar-refractivity contribution in [2.45, 2.75) is 19.0 Å². The minimum absolute atomic E-state index is 0.147. The summed E-state index contributed by atoms with van der Waals surface area (Å²) in [6, 6.07) is 10.7. The number of rotatable bonds is 7. The first-order chi connectivity index (χ1) is 15.3. The number of amides is 2. The van der Waals surface area contributed by atoms with Crippen molar-refractivity contribution in [3.05, 3.63) is 59.7 Å². The van der Waals surface area contributed by atoms with Crippen LogP contribution in [0.15, 0.2) is 48.5 Å². The Balaban J connectivity index is 1.85. The number of anilines is 1. The molecule has 0 bridgehead atoms. The van der Waals surface area contributed by atoms with E-state index >= 15 is 0 Å². The van der Waals surface area contributed by atoms with Gasteiger partial charge in [0.2, 0.25) is 5.91 Å². The molecule has 2 aromatic rings. The molecule has 0 saturated carbocycles. The number of benzene rings is 2. The van der Waals surface area contributed by atoms with Gasteiger partial charge in [0, 0.05) is 12.1 Å². The van der Waals surface area contributed by atoms with E-state index in [0.29, 0.717) is 18.2 Å². The fraction of sp³-hybridized carbons (Fsp3) is 0.391. The van der Waals surface area contributed by atoms with E-state index < -0.39 is 30.1 Å². The Morgan fingerprint density at radius 2 is 1.75 bits per heavy atom. The molecule has 1 aliphatic heterocycles. The van der Waals surface area contributed by atoms with E-state index in [0.717, 1.165) is 36.9 Å². The van der Waals surface area contributed by atoms with Crippen LogP contribution in [0.3, 0.4) is 0 Å². The third-order valence-electron chi connectivity index (χ3n) is 5.43. The molecule has 6 nitrogen and oxygen atoms in total. The summed E-state index contributed by atoms with van der Waals surface area (Å²) in [5.41, 5.74) is -1.19. The minimum Gasteiger partial charge on any atom is -0.497 e. The normalized spacial score (nSPS) is 14.6. The van der Waals surface area contributed by atoms with Gasteiger partial charge >= 0.3 is 6.18 Å². The third kappa shape index (κ3) is 6.00. The van der Waals surface area contributed by atoms with Gasteiger partial charge in [-0.05, 0) is 68.2 Å². The zero-order valence-corrected chi connectivity index (χ0v) is 17.7. The molecule has 2 N–H and O–H groups in total. The van der Waals surface area contributed by atoms with Crippen molar-refractivity contribution >= 4 is 17.5 Å². The van der Waals surface area contributed by atoms with E-state index in [1.807, 2.05) is 0 Å². The van der Waals surface area contributed by atoms with Crippen molar-refractivity contribution in [3.8, 4) is 5.75 Å². The van der Waals surface area contributed by atoms with Gasteiger partial charge < -0.3 is 15.4 Å². The maximum Gasteiger partial charge on any atom is 0.418 e. The van der Waals surface area contributed by atoms with E-state index in [4.69, 9.17) is 4.74 Å². The van der Waals surface area contributed by atoms with Gasteiger partial charge in [-0.3, -0.25) is 14.5 Å². The summed E-state index contributed by atoms with van der Waals surface area (Å²) < 4.78 is 46.0. The number of carbonyl (C=O) groups is 2. The Bertz CT molecular complexity index is 926. The van der Waals surface area contributed by atoms with Crippen LogP contribution in [-0.2, 0) is 11.0 Å². The molecule has 0 atom stereocenters. The minimum atomic E-state index is -4.68. The summed E-state index contributed by atoms with van der Waals surface area (Å²) in [6.07, 6.45) is -2.86. The first-order valence-electron chi connectivity index (χ1n) is 10.4. The van der Waals surface area contributed by atoms with Crippen LogP contribution in [0.1, 0.15) is 28.8 Å². The van der Waals surface area contributed by atoms with Gasteiger partial charge in [0.15, 0.2) is 0 Å². The van der Waals surface area contributed by atoms with Gasteiger partial charge in [-0.2, -0.15) is 13.2 Å². The van der Waals surface area contributed by atoms with Crippen LogP contribution in [0.25, 0.3) is 0 Å². The molecule has 2 aromatic carbocycles. The first kappa shape index (κ1) is 23.6. The molecule has 2 amide bonds. The predicted octanol–water partition coefficient (Wildman–Crippen LogP) is 3.48. The molecule has 0 aromatic heterocycles. The summed E-state index contributed by atoms with van der Waals surface area (Å²) in [7, 11) is 1.47. The van der Waals surface area contributed by atoms with Gasteiger partial charge in [0.25, 0.3) is 5.91 Å². The third-order valence-corrected chi connectivity index (χ3v) is 5.43. The molecule has 0 aliphatic carbocycles. The lowest BCUT2D eigenvalue weighted by molar-refractivity contribution is -0.137. The molecule has 1 saturated heterocycles. The van der Waals surface area contributed by atoms with Crippen LogP contribution in [0.2, 0.25) is 0 Å². The fourth-order valence-electron chi connectivity index (χ4n) is 3.65. The smallest absolute Gasteiger partial charge is 0.418 e. The topological polar surface area (TPSA) is 70.7 Å². The number of halogens is 3. The Morgan fingerprint density at radius 3 is 2.38 bits per heavy atom. The summed E-state index contributed by atoms with van der Waals surface area (Å²) in [6.45, 7) is 1.62. The molecule has 32 heavy (non-hydrogen) atoms. The highest BCUT2D eigenvalue weighted by molar-refractivity contribution is 6.09. The summed E-state index contributed by atoms with van der Waals surface area (Å²) in [4.78, 5) is 26.7. The molecule has 3 rings (SSSR count). The van der Waals surface area contributed by atoms with Gasteiger partial charge in [-0.25, -0.2) is 0 Å². The van der Waals surface area contributed by atoms with Crippen LogP contribution in [-0.4, -0.2) is 45.1 Å². The number of nitrogens with zero attached hydrogens (tertiary/aromatic N) is 1. The maximum absolute atomic E-state index is 13.6. The summed E-state index contributed by atoms with van der Waals surface area (Å²) in [5.74, 6) is -0.416. The average Bonchev–Trinajstić information content (AvgIpc) is 2.81. The Kier molecular flexibility index (Phi) is 7.74. The lowest BCUT2D eigenvalue weighted by Crippen LogP contribution is -2.44. The zero-order valence-electron chi connectivity index (χ0n) is 17.7. The molecule has 0 unspecified atom stereocenters. The highest BCUT2D eigenvalue weighted by Gasteiger charge is 2.36. The van der Waals surface area contributed by atoms with Crippen molar-refractivity contribution in [2.24, 2.45) is 5.92 Å². The molecular formula is C23H26F3N3O3. The summed E-state index contributed by atoms with van der Waals surface area (Å²) >= 11 is 0. The number of para-hydroxylation sites is 1. The van der Waals surface area contributed by atoms with Crippen LogP contribution in [0, 0.1) is 5.92 Å². The van der Waals surface area contributed by atoms with Crippen LogP contribution >= 0.6 is 0 Å². The van der Waals surface area contributed by atoms with Crippen molar-refractivity contribution in [1.82, 2.24) is 10.6 Å². The second kappa shape index (κ2) is 10.5. The second-order valence-electron chi connectivity index (χ2n) is 7.63. The summed E-state index contributed by atoms with van der Waals surface area (Å²) in [5, 5.41) is 6.01. The number of carbonyl (C=O) groups excluding carboxylic acids is 2. The molecule has 0 spiro atoms. The number of ether oxygens (including phenoxy) is 1. The SMILES string of the molecule is COc1ccc(C(=O)N(CC(=O)NCC2CCNCC2)c2ccccc2C(F)(F)F)cc1. The fourth-order valence-corrected chi connectivity index (χ4v) is 3.65. The van der Waals surface area contributed by atoms with Crippen molar-refractivity contribution in [2.75, 3.05) is 38.2 Å². The Morgan fingerprint density at radius 1 is 1.09 bits per heavy atom. The average molecular weight is 449 g/mol. The van der Waals surface area contributed by atoms with E-state index in [1.54, 1.807) is 0 Å². The van der Waals surface area contributed by atoms with Crippen LogP contribution in [0.5, 0.6) is 5.75 Å². The molecular weight excluding hydrogens is 423 g/mol. The van der Waals surface area contributed by atoms with Gasteiger partial charge in [-0.15, -0.1) is 0 Å². The van der Waals surface area contributed by atoms with Crippen LogP contribution in [0.4, 0.5) is 18.9 Å². The van der Waals surface area contributed by atoms with Crippen LogP contribution < -0.4 is 20.3 Å². The number of piperidine rings is 1. The predicted molar refractivity (Wildman–Crippen MR) is 115 cm³/mol. The number of hydrogen-bond donors (Lipinski definition) is 2. The molecule has 9 heteroatoms. The number of hydrogen-bond acceptors (Lipinski definition) is 4. The quantitative estimate of drug-likeness (QED) is 0.679. The van der Waals surface area contributed by atoms with E-state index in [9.17, 15) is 22.8 Å². The van der Waals surface area contributed by atoms with Crippen molar-refractivity contribution in [3.63, 3.8) is 0 Å². The number of nitrogens with one attached hydrogen (secondary N) is 2.